The lowest BCUT2D eigenvalue weighted by Crippen LogP contribution is -2.58. The summed E-state index contributed by atoms with van der Waals surface area (Å²) in [6.07, 6.45) is 45.4. The fourth-order valence-electron chi connectivity index (χ4n) is 11.4. The third-order valence-corrected chi connectivity index (χ3v) is 17.8. The molecule has 1 aliphatic rings. The number of rotatable bonds is 79. The number of nitrogens with zero attached hydrogens (tertiary/aromatic N) is 1. The number of carbonyl (C=O) groups is 4. The number of ether oxygens (including phenoxy) is 10. The Kier molecular flexibility index (Phi) is 67.1. The zero-order valence-electron chi connectivity index (χ0n) is 64.6. The SMILES string of the molecule is CCCCC/C=C\C/C=C\CCCCCCCCC(O)(CCCCCCCC/C=C\C/C=C\CCCCC)OCCCN(C)CCCCCC(=O)NC(COCCC=O)(COCCC(=O)NCCOCCOCCOC(O)C(O)O)COCCC(=O)NCCOCCOCCOC(O)C1CC(O)C1O. The molecule has 6 atom stereocenters. The van der Waals surface area contributed by atoms with Crippen molar-refractivity contribution in [2.75, 3.05) is 146 Å². The first-order chi connectivity index (χ1) is 50.6. The zero-order chi connectivity index (χ0) is 75.9. The monoisotopic (exact) mass is 1490 g/mol. The van der Waals surface area contributed by atoms with E-state index in [0.29, 0.717) is 25.9 Å². The lowest BCUT2D eigenvalue weighted by Gasteiger charge is -2.40. The predicted molar refractivity (Wildman–Crippen MR) is 404 cm³/mol. The second-order valence-electron chi connectivity index (χ2n) is 27.4. The quantitative estimate of drug-likeness (QED) is 0.0117. The second-order valence-corrected chi connectivity index (χ2v) is 27.4. The highest BCUT2D eigenvalue weighted by Gasteiger charge is 2.43. The molecule has 1 saturated carbocycles. The number of aldehydes is 1. The van der Waals surface area contributed by atoms with Crippen LogP contribution in [0.1, 0.15) is 239 Å². The first-order valence-electron chi connectivity index (χ1n) is 39.9. The van der Waals surface area contributed by atoms with Gasteiger partial charge in [0, 0.05) is 64.1 Å². The van der Waals surface area contributed by atoms with E-state index in [2.05, 4.69) is 90.4 Å². The normalized spacial score (nSPS) is 16.2. The van der Waals surface area contributed by atoms with Gasteiger partial charge in [-0.3, -0.25) is 14.4 Å². The number of hydrogen-bond acceptors (Lipinski definition) is 22. The Labute approximate surface area is 625 Å². The van der Waals surface area contributed by atoms with E-state index in [1.54, 1.807) is 0 Å². The number of unbranched alkanes of at least 4 members (excludes halogenated alkanes) is 20. The maximum absolute atomic E-state index is 13.8. The average Bonchev–Trinajstić information content (AvgIpc) is 0.819. The van der Waals surface area contributed by atoms with Crippen LogP contribution in [0.5, 0.6) is 0 Å². The highest BCUT2D eigenvalue weighted by Crippen LogP contribution is 2.31. The maximum atomic E-state index is 13.8. The summed E-state index contributed by atoms with van der Waals surface area (Å²) < 4.78 is 56.2. The molecule has 608 valence electrons. The van der Waals surface area contributed by atoms with Gasteiger partial charge >= 0.3 is 0 Å². The predicted octanol–water partition coefficient (Wildman–Crippen LogP) is 9.28. The summed E-state index contributed by atoms with van der Waals surface area (Å²) in [5, 5.41) is 76.7. The van der Waals surface area contributed by atoms with Crippen LogP contribution in [0, 0.1) is 5.92 Å². The topological polar surface area (TPSA) is 342 Å². The zero-order valence-corrected chi connectivity index (χ0v) is 64.6. The number of nitrogens with one attached hydrogen (secondary N) is 3. The van der Waals surface area contributed by atoms with Crippen LogP contribution >= 0.6 is 0 Å². The number of carbonyl (C=O) groups excluding carboxylic acids is 4. The van der Waals surface area contributed by atoms with Crippen LogP contribution in [-0.4, -0.2) is 253 Å². The van der Waals surface area contributed by atoms with Crippen LogP contribution in [0.2, 0.25) is 0 Å². The smallest absolute Gasteiger partial charge is 0.222 e. The van der Waals surface area contributed by atoms with Crippen LogP contribution in [0.3, 0.4) is 0 Å². The first-order valence-corrected chi connectivity index (χ1v) is 39.9. The van der Waals surface area contributed by atoms with Crippen molar-refractivity contribution < 1.29 is 102 Å². The van der Waals surface area contributed by atoms with E-state index >= 15 is 0 Å². The van der Waals surface area contributed by atoms with E-state index in [4.69, 9.17) is 57.6 Å². The molecule has 10 N–H and O–H groups in total. The van der Waals surface area contributed by atoms with Gasteiger partial charge in [-0.1, -0.05) is 146 Å². The Morgan fingerprint density at radius 1 is 0.462 bits per heavy atom. The van der Waals surface area contributed by atoms with Crippen molar-refractivity contribution >= 4 is 24.0 Å². The number of aliphatic hydroxyl groups is 7. The molecule has 6 unspecified atom stereocenters. The van der Waals surface area contributed by atoms with E-state index in [-0.39, 0.29) is 169 Å². The number of hydrogen-bond donors (Lipinski definition) is 10. The molecule has 0 heterocycles. The van der Waals surface area contributed by atoms with Gasteiger partial charge in [0.2, 0.25) is 30.3 Å². The summed E-state index contributed by atoms with van der Waals surface area (Å²) in [7, 11) is 2.08. The molecule has 0 bridgehead atoms. The summed E-state index contributed by atoms with van der Waals surface area (Å²) >= 11 is 0. The van der Waals surface area contributed by atoms with Gasteiger partial charge in [-0.2, -0.15) is 0 Å². The minimum atomic E-state index is -2.01. The minimum absolute atomic E-state index is 0.00512. The summed E-state index contributed by atoms with van der Waals surface area (Å²) in [5.41, 5.74) is -1.25. The Balaban J connectivity index is 2.75. The van der Waals surface area contributed by atoms with E-state index in [1.165, 1.54) is 103 Å². The fraction of sp³-hybridized carbons (Fsp3) is 0.848. The van der Waals surface area contributed by atoms with Crippen molar-refractivity contribution in [2.45, 2.75) is 281 Å². The van der Waals surface area contributed by atoms with Gasteiger partial charge in [0.15, 0.2) is 12.1 Å². The third-order valence-electron chi connectivity index (χ3n) is 17.8. The highest BCUT2D eigenvalue weighted by molar-refractivity contribution is 5.77. The van der Waals surface area contributed by atoms with Crippen LogP contribution < -0.4 is 16.0 Å². The molecule has 104 heavy (non-hydrogen) atoms. The van der Waals surface area contributed by atoms with Gasteiger partial charge in [-0.25, -0.2) is 0 Å². The van der Waals surface area contributed by atoms with Crippen LogP contribution in [-0.2, 0) is 66.5 Å². The lowest BCUT2D eigenvalue weighted by atomic mass is 9.78. The molecule has 0 aromatic carbocycles. The van der Waals surface area contributed by atoms with E-state index in [9.17, 15) is 44.7 Å². The van der Waals surface area contributed by atoms with Gasteiger partial charge < -0.3 is 109 Å². The fourth-order valence-corrected chi connectivity index (χ4v) is 11.4. The van der Waals surface area contributed by atoms with Gasteiger partial charge in [-0.05, 0) is 116 Å². The summed E-state index contributed by atoms with van der Waals surface area (Å²) in [6.45, 7) is 8.45. The number of aliphatic hydroxyl groups excluding tert-OH is 5. The largest absolute Gasteiger partial charge is 0.390 e. The molecule has 0 spiro atoms. The molecule has 1 aliphatic carbocycles. The Bertz CT molecular complexity index is 2060. The molecule has 25 nitrogen and oxygen atoms in total. The van der Waals surface area contributed by atoms with E-state index in [1.807, 2.05) is 0 Å². The molecule has 0 aromatic heterocycles. The molecule has 0 saturated heterocycles. The molecule has 1 rings (SSSR count). The van der Waals surface area contributed by atoms with Crippen LogP contribution in [0.4, 0.5) is 0 Å². The third kappa shape index (κ3) is 60.3. The van der Waals surface area contributed by atoms with Crippen molar-refractivity contribution in [1.82, 2.24) is 20.9 Å². The maximum Gasteiger partial charge on any atom is 0.222 e. The molecular formula is C79H146N4O21. The van der Waals surface area contributed by atoms with Crippen LogP contribution in [0.25, 0.3) is 0 Å². The van der Waals surface area contributed by atoms with Gasteiger partial charge in [-0.15, -0.1) is 0 Å². The Hall–Kier alpha value is -3.68. The van der Waals surface area contributed by atoms with Crippen molar-refractivity contribution in [3.63, 3.8) is 0 Å². The highest BCUT2D eigenvalue weighted by atomic mass is 16.7. The molecule has 0 aliphatic heterocycles. The first kappa shape index (κ1) is 98.3. The number of amides is 3. The van der Waals surface area contributed by atoms with Gasteiger partial charge in [0.1, 0.15) is 11.8 Å². The Morgan fingerprint density at radius 3 is 1.37 bits per heavy atom. The van der Waals surface area contributed by atoms with E-state index < -0.39 is 48.3 Å². The molecule has 0 aromatic rings. The van der Waals surface area contributed by atoms with Crippen molar-refractivity contribution in [2.24, 2.45) is 5.92 Å². The summed E-state index contributed by atoms with van der Waals surface area (Å²) in [5.74, 6) is -2.51. The molecule has 1 fully saturated rings. The summed E-state index contributed by atoms with van der Waals surface area (Å²) in [6, 6.07) is 0. The van der Waals surface area contributed by atoms with Gasteiger partial charge in [0.25, 0.3) is 0 Å². The van der Waals surface area contributed by atoms with Gasteiger partial charge in [0.05, 0.1) is 125 Å². The van der Waals surface area contributed by atoms with Crippen molar-refractivity contribution in [3.05, 3.63) is 48.6 Å². The molecule has 3 amide bonds. The lowest BCUT2D eigenvalue weighted by molar-refractivity contribution is -0.234. The Morgan fingerprint density at radius 2 is 0.894 bits per heavy atom. The molecule has 0 radical (unpaired) electrons. The summed E-state index contributed by atoms with van der Waals surface area (Å²) in [4.78, 5) is 52.9. The minimum Gasteiger partial charge on any atom is -0.390 e. The van der Waals surface area contributed by atoms with Crippen molar-refractivity contribution in [1.29, 1.82) is 0 Å². The second kappa shape index (κ2) is 71.0. The van der Waals surface area contributed by atoms with E-state index in [0.717, 1.165) is 90.0 Å². The van der Waals surface area contributed by atoms with Crippen molar-refractivity contribution in [3.8, 4) is 0 Å². The molecular weight excluding hydrogens is 1340 g/mol. The standard InChI is InChI=1S/C79H146N4O21/c1-4-6-8-10-12-14-16-18-20-22-24-26-28-30-32-36-44-79(94,45-37-33-31-29-27-25-23-21-19-17-15-13-11-9-7-5-2)104-52-39-49-83(3)48-38-34-35-41-73(88)82-78(66-99-51-40-50-84,68-101-54-43-72(87)81-47-56-96-58-60-98-62-64-103-77(93)75(90)91)67-100-53-42-71(86)80-46-55-95-57-59-97-61-63-102-76(92)69-65-70(85)74(69)89/h12-15,18-21,50,69-70,74-77,85,89-94H,4-11,16-17,22-49,51-68H2,1-3H3,(H,80,86)(H,81,87)(H,82,88)/b14-12-,15-13-,20-18-,21-19-. The number of allylic oxidation sites excluding steroid dienone is 8. The molecule has 25 heteroatoms. The van der Waals surface area contributed by atoms with Crippen LogP contribution in [0.15, 0.2) is 48.6 Å². The average molecular weight is 1490 g/mol.